The summed E-state index contributed by atoms with van der Waals surface area (Å²) in [6.45, 7) is 2.26. The second-order valence-electron chi connectivity index (χ2n) is 7.63. The average Bonchev–Trinajstić information content (AvgIpc) is 2.62. The Morgan fingerprint density at radius 2 is 1.73 bits per heavy atom. The number of hydrogen-bond acceptors (Lipinski definition) is 1. The first-order chi connectivity index (χ1) is 12.4. The van der Waals surface area contributed by atoms with Crippen LogP contribution in [-0.2, 0) is 6.42 Å². The van der Waals surface area contributed by atoms with E-state index in [0.29, 0.717) is 24.0 Å². The van der Waals surface area contributed by atoms with E-state index < -0.39 is 17.9 Å². The summed E-state index contributed by atoms with van der Waals surface area (Å²) in [4.78, 5) is 0. The van der Waals surface area contributed by atoms with Gasteiger partial charge in [0.1, 0.15) is 0 Å². The Balaban J connectivity index is 1.61. The third-order valence-electron chi connectivity index (χ3n) is 5.94. The number of hydrogen-bond donors (Lipinski definition) is 0. The summed E-state index contributed by atoms with van der Waals surface area (Å²) in [5, 5.41) is 0. The minimum atomic E-state index is -4.87. The standard InChI is InChI=1S/C21H26F4O/c1-2-14-3-5-15(6-4-14)7-8-16-9-11-18-17(13-16)10-12-19(20(18)22)26-21(23,24)25/h10,12-15H,2-9,11H2,1H3. The summed E-state index contributed by atoms with van der Waals surface area (Å²) >= 11 is 0. The highest BCUT2D eigenvalue weighted by Crippen LogP contribution is 2.37. The van der Waals surface area contributed by atoms with Crippen molar-refractivity contribution < 1.29 is 22.3 Å². The van der Waals surface area contributed by atoms with Gasteiger partial charge in [0.05, 0.1) is 0 Å². The molecule has 1 saturated carbocycles. The predicted molar refractivity (Wildman–Crippen MR) is 94.4 cm³/mol. The molecule has 5 heteroatoms. The van der Waals surface area contributed by atoms with Crippen LogP contribution in [0.1, 0.15) is 69.4 Å². The van der Waals surface area contributed by atoms with E-state index in [9.17, 15) is 17.6 Å². The fourth-order valence-electron chi connectivity index (χ4n) is 4.30. The lowest BCUT2D eigenvalue weighted by atomic mass is 9.78. The zero-order valence-electron chi connectivity index (χ0n) is 15.2. The molecule has 1 nitrogen and oxygen atoms in total. The van der Waals surface area contributed by atoms with E-state index in [1.807, 2.05) is 6.08 Å². The maximum atomic E-state index is 14.3. The van der Waals surface area contributed by atoms with Crippen molar-refractivity contribution in [3.05, 3.63) is 34.6 Å². The third-order valence-corrected chi connectivity index (χ3v) is 5.94. The minimum absolute atomic E-state index is 0.332. The molecule has 0 unspecified atom stereocenters. The van der Waals surface area contributed by atoms with Gasteiger partial charge < -0.3 is 4.74 Å². The van der Waals surface area contributed by atoms with Gasteiger partial charge in [0.2, 0.25) is 0 Å². The lowest BCUT2D eigenvalue weighted by Crippen LogP contribution is -2.19. The fraction of sp³-hybridized carbons (Fsp3) is 0.619. The summed E-state index contributed by atoms with van der Waals surface area (Å²) in [5.74, 6) is 0.0521. The highest BCUT2D eigenvalue weighted by Gasteiger charge is 2.33. The third kappa shape index (κ3) is 4.80. The zero-order valence-corrected chi connectivity index (χ0v) is 15.2. The van der Waals surface area contributed by atoms with Crippen LogP contribution in [0.2, 0.25) is 0 Å². The van der Waals surface area contributed by atoms with Crippen molar-refractivity contribution in [3.8, 4) is 5.75 Å². The number of allylic oxidation sites excluding steroid dienone is 1. The van der Waals surface area contributed by atoms with Crippen LogP contribution in [0.15, 0.2) is 17.7 Å². The van der Waals surface area contributed by atoms with Crippen LogP contribution >= 0.6 is 0 Å². The largest absolute Gasteiger partial charge is 0.573 e. The molecule has 0 aliphatic heterocycles. The molecular formula is C21H26F4O. The van der Waals surface area contributed by atoms with Crippen molar-refractivity contribution in [1.29, 1.82) is 0 Å². The topological polar surface area (TPSA) is 9.23 Å². The van der Waals surface area contributed by atoms with E-state index in [-0.39, 0.29) is 0 Å². The highest BCUT2D eigenvalue weighted by molar-refractivity contribution is 5.61. The number of ether oxygens (including phenoxy) is 1. The normalized spacial score (nSPS) is 23.3. The van der Waals surface area contributed by atoms with E-state index >= 15 is 0 Å². The maximum absolute atomic E-state index is 14.3. The molecule has 0 amide bonds. The average molecular weight is 370 g/mol. The lowest BCUT2D eigenvalue weighted by Gasteiger charge is -2.28. The summed E-state index contributed by atoms with van der Waals surface area (Å²) < 4.78 is 55.1. The molecule has 144 valence electrons. The van der Waals surface area contributed by atoms with Crippen LogP contribution < -0.4 is 4.74 Å². The quantitative estimate of drug-likeness (QED) is 0.505. The van der Waals surface area contributed by atoms with Gasteiger partial charge in [-0.15, -0.1) is 13.2 Å². The number of halogens is 4. The van der Waals surface area contributed by atoms with Gasteiger partial charge in [-0.1, -0.05) is 56.7 Å². The molecule has 1 aromatic carbocycles. The summed E-state index contributed by atoms with van der Waals surface area (Å²) in [6, 6.07) is 2.61. The molecular weight excluding hydrogens is 344 g/mol. The van der Waals surface area contributed by atoms with Gasteiger partial charge >= 0.3 is 6.36 Å². The number of alkyl halides is 3. The molecule has 3 rings (SSSR count). The Morgan fingerprint density at radius 1 is 1.04 bits per heavy atom. The van der Waals surface area contributed by atoms with Crippen LogP contribution in [0.5, 0.6) is 5.75 Å². The van der Waals surface area contributed by atoms with Crippen molar-refractivity contribution >= 4 is 6.08 Å². The van der Waals surface area contributed by atoms with Gasteiger partial charge in [0.15, 0.2) is 11.6 Å². The first-order valence-electron chi connectivity index (χ1n) is 9.62. The van der Waals surface area contributed by atoms with Crippen molar-refractivity contribution in [2.24, 2.45) is 11.8 Å². The zero-order chi connectivity index (χ0) is 18.7. The summed E-state index contributed by atoms with van der Waals surface area (Å²) in [7, 11) is 0. The summed E-state index contributed by atoms with van der Waals surface area (Å²) in [5.41, 5.74) is 2.30. The second-order valence-corrected chi connectivity index (χ2v) is 7.63. The molecule has 0 heterocycles. The molecule has 1 aromatic rings. The Hall–Kier alpha value is -1.52. The lowest BCUT2D eigenvalue weighted by molar-refractivity contribution is -0.275. The van der Waals surface area contributed by atoms with Crippen LogP contribution in [0, 0.1) is 17.7 Å². The molecule has 0 aromatic heterocycles. The van der Waals surface area contributed by atoms with Gasteiger partial charge in [-0.3, -0.25) is 0 Å². The molecule has 0 atom stereocenters. The van der Waals surface area contributed by atoms with Crippen LogP contribution in [0.4, 0.5) is 17.6 Å². The molecule has 0 radical (unpaired) electrons. The fourth-order valence-corrected chi connectivity index (χ4v) is 4.30. The van der Waals surface area contributed by atoms with Gasteiger partial charge in [-0.2, -0.15) is 0 Å². The smallest absolute Gasteiger partial charge is 0.403 e. The molecule has 2 aliphatic carbocycles. The van der Waals surface area contributed by atoms with Crippen LogP contribution in [0.25, 0.3) is 6.08 Å². The molecule has 0 spiro atoms. The summed E-state index contributed by atoms with van der Waals surface area (Å²) in [6.07, 6.45) is 6.93. The Labute approximate surface area is 152 Å². The van der Waals surface area contributed by atoms with Gasteiger partial charge in [0.25, 0.3) is 0 Å². The van der Waals surface area contributed by atoms with Crippen molar-refractivity contribution in [2.45, 2.75) is 71.1 Å². The Morgan fingerprint density at radius 3 is 2.38 bits per heavy atom. The number of fused-ring (bicyclic) bond motifs is 1. The second kappa shape index (κ2) is 8.01. The predicted octanol–water partition coefficient (Wildman–Crippen LogP) is 7.05. The van der Waals surface area contributed by atoms with Gasteiger partial charge in [-0.05, 0) is 54.7 Å². The first-order valence-corrected chi connectivity index (χ1v) is 9.62. The molecule has 0 saturated heterocycles. The number of rotatable bonds is 5. The van der Waals surface area contributed by atoms with Crippen LogP contribution in [-0.4, -0.2) is 6.36 Å². The minimum Gasteiger partial charge on any atom is -0.403 e. The van der Waals surface area contributed by atoms with E-state index in [4.69, 9.17) is 0 Å². The first kappa shape index (κ1) is 19.2. The highest BCUT2D eigenvalue weighted by atomic mass is 19.4. The molecule has 1 fully saturated rings. The Kier molecular flexibility index (Phi) is 5.93. The van der Waals surface area contributed by atoms with E-state index in [2.05, 4.69) is 11.7 Å². The SMILES string of the molecule is CCC1CCC(CCC2=Cc3ccc(OC(F)(F)F)c(F)c3CC2)CC1. The van der Waals surface area contributed by atoms with Crippen LogP contribution in [0.3, 0.4) is 0 Å². The van der Waals surface area contributed by atoms with E-state index in [0.717, 1.165) is 30.7 Å². The molecule has 0 bridgehead atoms. The van der Waals surface area contributed by atoms with Gasteiger partial charge in [0, 0.05) is 0 Å². The molecule has 2 aliphatic rings. The van der Waals surface area contributed by atoms with E-state index in [1.54, 1.807) is 0 Å². The molecule has 0 N–H and O–H groups in total. The number of benzene rings is 1. The Bertz CT molecular complexity index is 655. The maximum Gasteiger partial charge on any atom is 0.573 e. The van der Waals surface area contributed by atoms with Crippen molar-refractivity contribution in [3.63, 3.8) is 0 Å². The monoisotopic (exact) mass is 370 g/mol. The van der Waals surface area contributed by atoms with Crippen molar-refractivity contribution in [2.75, 3.05) is 0 Å². The van der Waals surface area contributed by atoms with E-state index in [1.165, 1.54) is 43.7 Å². The van der Waals surface area contributed by atoms with Crippen molar-refractivity contribution in [1.82, 2.24) is 0 Å². The molecule has 26 heavy (non-hydrogen) atoms. The van der Waals surface area contributed by atoms with Gasteiger partial charge in [-0.25, -0.2) is 4.39 Å².